The van der Waals surface area contributed by atoms with Crippen molar-refractivity contribution in [1.82, 2.24) is 0 Å². The largest absolute Gasteiger partial charge is 0.300 e. The van der Waals surface area contributed by atoms with E-state index >= 15 is 0 Å². The molecule has 1 nitrogen and oxygen atoms in total. The second-order valence-corrected chi connectivity index (χ2v) is 6.59. The second kappa shape index (κ2) is 7.63. The minimum Gasteiger partial charge on any atom is -0.300 e. The Labute approximate surface area is 97.7 Å². The highest BCUT2D eigenvalue weighted by Gasteiger charge is 2.33. The molecule has 0 spiro atoms. The Bertz CT molecular complexity index is 170. The molecule has 0 radical (unpaired) electrons. The van der Waals surface area contributed by atoms with E-state index in [1.54, 1.807) is 6.92 Å². The first-order valence-corrected chi connectivity index (χ1v) is 7.74. The van der Waals surface area contributed by atoms with Crippen LogP contribution in [0.5, 0.6) is 0 Å². The minimum atomic E-state index is 0. The van der Waals surface area contributed by atoms with Crippen LogP contribution in [0.4, 0.5) is 0 Å². The van der Waals surface area contributed by atoms with Crippen LogP contribution < -0.4 is 0 Å². The topological polar surface area (TPSA) is 17.1 Å². The Morgan fingerprint density at radius 1 is 1.43 bits per heavy atom. The maximum atomic E-state index is 10.6. The van der Waals surface area contributed by atoms with Crippen LogP contribution in [-0.4, -0.2) is 16.3 Å². The van der Waals surface area contributed by atoms with Gasteiger partial charge in [0, 0.05) is 18.3 Å². The van der Waals surface area contributed by atoms with E-state index in [9.17, 15) is 4.79 Å². The van der Waals surface area contributed by atoms with E-state index < -0.39 is 0 Å². The maximum absolute atomic E-state index is 10.6. The van der Waals surface area contributed by atoms with E-state index in [1.807, 2.05) is 35.4 Å². The molecule has 86 valence electrons. The normalized spacial score (nSPS) is 24.6. The van der Waals surface area contributed by atoms with Crippen LogP contribution in [0, 0.1) is 0 Å². The Morgan fingerprint density at radius 2 is 2.00 bits per heavy atom. The van der Waals surface area contributed by atoms with Gasteiger partial charge in [0.2, 0.25) is 0 Å². The highest BCUT2D eigenvalue weighted by atomic mass is 33.1. The molecular formula is C11H24OS2. The number of hydrogen-bond acceptors (Lipinski definition) is 3. The number of carbonyl (C=O) groups excluding carboxylic acids is 1. The molecule has 1 fully saturated rings. The van der Waals surface area contributed by atoms with Gasteiger partial charge < -0.3 is 4.79 Å². The van der Waals surface area contributed by atoms with Gasteiger partial charge in [-0.15, -0.1) is 0 Å². The van der Waals surface area contributed by atoms with Crippen LogP contribution in [-0.2, 0) is 4.79 Å². The van der Waals surface area contributed by atoms with Crippen molar-refractivity contribution in [2.75, 3.05) is 5.75 Å². The molecule has 0 aromatic heterocycles. The number of unbranched alkanes of at least 4 members (excludes halogenated alkanes) is 1. The smallest absolute Gasteiger partial charge is 0.129 e. The number of carbonyl (C=O) groups is 1. The fourth-order valence-electron chi connectivity index (χ4n) is 1.25. The molecule has 3 heteroatoms. The maximum Gasteiger partial charge on any atom is 0.129 e. The lowest BCUT2D eigenvalue weighted by Crippen LogP contribution is -2.28. The van der Waals surface area contributed by atoms with Gasteiger partial charge in [-0.2, -0.15) is 0 Å². The van der Waals surface area contributed by atoms with Crippen LogP contribution in [0.2, 0.25) is 0 Å². The third kappa shape index (κ3) is 5.97. The van der Waals surface area contributed by atoms with Crippen molar-refractivity contribution < 1.29 is 6.22 Å². The van der Waals surface area contributed by atoms with Gasteiger partial charge in [0.1, 0.15) is 5.78 Å². The van der Waals surface area contributed by atoms with Crippen molar-refractivity contribution >= 4 is 27.4 Å². The molecule has 0 unspecified atom stereocenters. The lowest BCUT2D eigenvalue weighted by molar-refractivity contribution is -0.117. The molecule has 1 atom stereocenters. The predicted octanol–water partition coefficient (Wildman–Crippen LogP) is 4.56. The summed E-state index contributed by atoms with van der Waals surface area (Å²) in [6.07, 6.45) is 4.34. The average Bonchev–Trinajstić information content (AvgIpc) is 2.13. The van der Waals surface area contributed by atoms with Crippen molar-refractivity contribution in [3.8, 4) is 0 Å². The molecular weight excluding hydrogens is 212 g/mol. The monoisotopic (exact) mass is 236 g/mol. The van der Waals surface area contributed by atoms with Crippen molar-refractivity contribution in [3.63, 3.8) is 0 Å². The Hall–Kier alpha value is 0.370. The van der Waals surface area contributed by atoms with E-state index in [-0.39, 0.29) is 1.43 Å². The zero-order chi connectivity index (χ0) is 11.0. The van der Waals surface area contributed by atoms with Crippen LogP contribution >= 0.6 is 21.6 Å². The lowest BCUT2D eigenvalue weighted by atomic mass is 10.0. The van der Waals surface area contributed by atoms with Crippen molar-refractivity contribution in [1.29, 1.82) is 0 Å². The van der Waals surface area contributed by atoms with Crippen molar-refractivity contribution in [2.45, 2.75) is 58.1 Å². The summed E-state index contributed by atoms with van der Waals surface area (Å²) in [4.78, 5) is 10.6. The Kier molecular flexibility index (Phi) is 7.84. The van der Waals surface area contributed by atoms with Gasteiger partial charge in [-0.3, -0.25) is 0 Å². The summed E-state index contributed by atoms with van der Waals surface area (Å²) >= 11 is 0. The van der Waals surface area contributed by atoms with Gasteiger partial charge in [0.05, 0.1) is 0 Å². The quantitative estimate of drug-likeness (QED) is 0.514. The highest BCUT2D eigenvalue weighted by Crippen LogP contribution is 2.52. The number of ketones is 1. The zero-order valence-corrected chi connectivity index (χ0v) is 11.4. The molecule has 0 bridgehead atoms. The highest BCUT2D eigenvalue weighted by molar-refractivity contribution is 8.80. The summed E-state index contributed by atoms with van der Waals surface area (Å²) in [7, 11) is 3.96. The van der Waals surface area contributed by atoms with E-state index in [4.69, 9.17) is 0 Å². The second-order valence-electron chi connectivity index (χ2n) is 3.70. The third-order valence-electron chi connectivity index (χ3n) is 2.11. The number of hydrogen-bond donors (Lipinski definition) is 0. The summed E-state index contributed by atoms with van der Waals surface area (Å²) in [5, 5.41) is 0. The van der Waals surface area contributed by atoms with Crippen LogP contribution in [0.15, 0.2) is 0 Å². The van der Waals surface area contributed by atoms with Gasteiger partial charge in [-0.25, -0.2) is 0 Å². The average molecular weight is 236 g/mol. The van der Waals surface area contributed by atoms with E-state index in [2.05, 4.69) is 6.92 Å². The molecule has 0 amide bonds. The van der Waals surface area contributed by atoms with Crippen molar-refractivity contribution in [2.24, 2.45) is 0 Å². The molecule has 0 aromatic rings. The van der Waals surface area contributed by atoms with Gasteiger partial charge in [-0.1, -0.05) is 41.9 Å². The third-order valence-corrected chi connectivity index (χ3v) is 5.83. The summed E-state index contributed by atoms with van der Waals surface area (Å²) in [6.45, 7) is 8.00. The van der Waals surface area contributed by atoms with Crippen LogP contribution in [0.25, 0.3) is 0 Å². The number of rotatable bonds is 5. The van der Waals surface area contributed by atoms with E-state index in [0.717, 1.165) is 12.8 Å². The zero-order valence-electron chi connectivity index (χ0n) is 9.76. The number of Topliss-reactive ketones (excluding diaryl/α,β-unsaturated/α-hetero) is 1. The van der Waals surface area contributed by atoms with Gasteiger partial charge in [-0.05, 0) is 26.7 Å². The Balaban J connectivity index is 0. The molecule has 1 heterocycles. The first-order chi connectivity index (χ1) is 6.62. The predicted molar refractivity (Wildman–Crippen MR) is 71.1 cm³/mol. The molecule has 1 aliphatic heterocycles. The molecule has 1 aliphatic rings. The van der Waals surface area contributed by atoms with E-state index in [1.165, 1.54) is 18.6 Å². The SMILES string of the molecule is CC.CC(=O)CCCC[C@]1(C)CSS1.[HH]. The Morgan fingerprint density at radius 3 is 2.36 bits per heavy atom. The van der Waals surface area contributed by atoms with Gasteiger partial charge in [0.25, 0.3) is 0 Å². The summed E-state index contributed by atoms with van der Waals surface area (Å²) < 4.78 is 0.529. The fraction of sp³-hybridized carbons (Fsp3) is 0.909. The fourth-order valence-corrected chi connectivity index (χ4v) is 3.95. The first kappa shape index (κ1) is 14.4. The van der Waals surface area contributed by atoms with E-state index in [0.29, 0.717) is 10.5 Å². The summed E-state index contributed by atoms with van der Waals surface area (Å²) in [6, 6.07) is 0. The van der Waals surface area contributed by atoms with Crippen molar-refractivity contribution in [3.05, 3.63) is 0 Å². The molecule has 1 saturated heterocycles. The lowest BCUT2D eigenvalue weighted by Gasteiger charge is -2.36. The minimum absolute atomic E-state index is 0. The molecule has 0 aliphatic carbocycles. The molecule has 0 aromatic carbocycles. The standard InChI is InChI=1S/C9H16OS2.C2H6.H2/c1-8(10)5-3-4-6-9(2)7-11-12-9;1-2;/h3-7H2,1-2H3;1-2H3;1H/t9-;;/m1../s1. The molecule has 0 N–H and O–H groups in total. The van der Waals surface area contributed by atoms with Crippen LogP contribution in [0.3, 0.4) is 0 Å². The summed E-state index contributed by atoms with van der Waals surface area (Å²) in [5.74, 6) is 1.62. The van der Waals surface area contributed by atoms with Crippen LogP contribution in [0.1, 0.15) is 54.8 Å². The van der Waals surface area contributed by atoms with Gasteiger partial charge >= 0.3 is 0 Å². The summed E-state index contributed by atoms with van der Waals surface area (Å²) in [5.41, 5.74) is 0. The molecule has 1 rings (SSSR count). The molecule has 14 heavy (non-hydrogen) atoms. The first-order valence-electron chi connectivity index (χ1n) is 5.42. The van der Waals surface area contributed by atoms with Gasteiger partial charge in [0.15, 0.2) is 0 Å². The molecule has 0 saturated carbocycles.